The van der Waals surface area contributed by atoms with Gasteiger partial charge in [0.25, 0.3) is 0 Å². The van der Waals surface area contributed by atoms with Crippen molar-refractivity contribution in [2.75, 3.05) is 46.5 Å². The first kappa shape index (κ1) is 13.7. The molecule has 1 fully saturated rings. The first-order chi connectivity index (χ1) is 7.49. The molecule has 0 unspecified atom stereocenters. The van der Waals surface area contributed by atoms with E-state index < -0.39 is 6.36 Å². The van der Waals surface area contributed by atoms with Crippen LogP contribution in [0, 0.1) is 0 Å². The minimum atomic E-state index is -4.53. The molecule has 0 aliphatic carbocycles. The summed E-state index contributed by atoms with van der Waals surface area (Å²) in [7, 11) is 1.97. The van der Waals surface area contributed by atoms with Crippen LogP contribution >= 0.6 is 0 Å². The zero-order valence-electron chi connectivity index (χ0n) is 9.22. The van der Waals surface area contributed by atoms with E-state index >= 15 is 0 Å². The van der Waals surface area contributed by atoms with Crippen LogP contribution in [0.3, 0.4) is 0 Å². The fourth-order valence-corrected chi connectivity index (χ4v) is 1.28. The summed E-state index contributed by atoms with van der Waals surface area (Å²) >= 11 is 0. The molecule has 1 aliphatic rings. The van der Waals surface area contributed by atoms with Crippen LogP contribution in [0.5, 0.6) is 0 Å². The predicted molar refractivity (Wildman–Crippen MR) is 52.1 cm³/mol. The van der Waals surface area contributed by atoms with E-state index in [-0.39, 0.29) is 13.2 Å². The van der Waals surface area contributed by atoms with Gasteiger partial charge in [0.05, 0.1) is 25.9 Å². The molecule has 0 aromatic carbocycles. The average molecular weight is 242 g/mol. The van der Waals surface area contributed by atoms with E-state index in [1.165, 1.54) is 0 Å². The van der Waals surface area contributed by atoms with Gasteiger partial charge in [0.15, 0.2) is 0 Å². The molecule has 1 aliphatic heterocycles. The van der Waals surface area contributed by atoms with Crippen LogP contribution < -0.4 is 5.32 Å². The number of rotatable bonds is 7. The maximum Gasteiger partial charge on any atom is 0.522 e. The maximum atomic E-state index is 11.6. The Morgan fingerprint density at radius 1 is 1.38 bits per heavy atom. The molecule has 1 saturated heterocycles. The van der Waals surface area contributed by atoms with E-state index in [9.17, 15) is 13.2 Å². The highest BCUT2D eigenvalue weighted by Gasteiger charge is 2.28. The number of alkyl halides is 3. The van der Waals surface area contributed by atoms with Crippen molar-refractivity contribution >= 4 is 0 Å². The Kier molecular flexibility index (Phi) is 5.47. The zero-order chi connectivity index (χ0) is 12.0. The van der Waals surface area contributed by atoms with Crippen LogP contribution in [0.1, 0.15) is 0 Å². The molecule has 1 rings (SSSR count). The number of hydrogen-bond acceptors (Lipinski definition) is 4. The summed E-state index contributed by atoms with van der Waals surface area (Å²) in [5.41, 5.74) is 0. The van der Waals surface area contributed by atoms with E-state index in [0.717, 1.165) is 19.8 Å². The second kappa shape index (κ2) is 6.39. The molecule has 0 aromatic rings. The topological polar surface area (TPSA) is 33.7 Å². The summed E-state index contributed by atoms with van der Waals surface area (Å²) < 4.78 is 43.4. The zero-order valence-corrected chi connectivity index (χ0v) is 9.22. The summed E-state index contributed by atoms with van der Waals surface area (Å²) in [6.45, 7) is 2.78. The first-order valence-corrected chi connectivity index (χ1v) is 5.18. The lowest BCUT2D eigenvalue weighted by Crippen LogP contribution is -2.49. The van der Waals surface area contributed by atoms with E-state index in [0.29, 0.717) is 12.6 Å². The van der Waals surface area contributed by atoms with Gasteiger partial charge in [-0.25, -0.2) is 0 Å². The van der Waals surface area contributed by atoms with Gasteiger partial charge >= 0.3 is 6.36 Å². The lowest BCUT2D eigenvalue weighted by molar-refractivity contribution is -0.323. The lowest BCUT2D eigenvalue weighted by atomic mass is 10.2. The van der Waals surface area contributed by atoms with Crippen molar-refractivity contribution in [1.82, 2.24) is 10.2 Å². The summed E-state index contributed by atoms with van der Waals surface area (Å²) in [6, 6.07) is 0.452. The molecule has 0 spiro atoms. The third kappa shape index (κ3) is 5.64. The molecule has 7 heteroatoms. The fourth-order valence-electron chi connectivity index (χ4n) is 1.28. The van der Waals surface area contributed by atoms with E-state index in [1.54, 1.807) is 0 Å². The number of ether oxygens (including phenoxy) is 2. The van der Waals surface area contributed by atoms with Crippen molar-refractivity contribution in [3.63, 3.8) is 0 Å². The fraction of sp³-hybridized carbons (Fsp3) is 1.00. The van der Waals surface area contributed by atoms with Crippen LogP contribution in [0.4, 0.5) is 13.2 Å². The molecule has 0 bridgehead atoms. The van der Waals surface area contributed by atoms with Gasteiger partial charge in [-0.2, -0.15) is 0 Å². The van der Waals surface area contributed by atoms with Crippen molar-refractivity contribution in [3.05, 3.63) is 0 Å². The average Bonchev–Trinajstić information content (AvgIpc) is 2.06. The molecule has 1 heterocycles. The SMILES string of the molecule is CN(CCNCCOC(F)(F)F)C1COC1. The molecule has 0 amide bonds. The standard InChI is InChI=1S/C9H17F3N2O2/c1-14(8-6-15-7-8)4-2-13-3-5-16-9(10,11)12/h8,13H,2-7H2,1H3. The van der Waals surface area contributed by atoms with Crippen molar-refractivity contribution in [3.8, 4) is 0 Å². The van der Waals surface area contributed by atoms with Crippen LogP contribution in [0.25, 0.3) is 0 Å². The Balaban J connectivity index is 1.87. The molecule has 4 nitrogen and oxygen atoms in total. The summed E-state index contributed by atoms with van der Waals surface area (Å²) in [4.78, 5) is 2.13. The summed E-state index contributed by atoms with van der Waals surface area (Å²) in [5.74, 6) is 0. The molecule has 0 aromatic heterocycles. The van der Waals surface area contributed by atoms with Crippen LogP contribution in [0.2, 0.25) is 0 Å². The van der Waals surface area contributed by atoms with E-state index in [4.69, 9.17) is 4.74 Å². The van der Waals surface area contributed by atoms with Crippen molar-refractivity contribution in [2.24, 2.45) is 0 Å². The number of halogens is 3. The van der Waals surface area contributed by atoms with Crippen LogP contribution in [-0.2, 0) is 9.47 Å². The number of nitrogens with zero attached hydrogens (tertiary/aromatic N) is 1. The minimum Gasteiger partial charge on any atom is -0.378 e. The molecule has 0 saturated carbocycles. The Bertz CT molecular complexity index is 198. The van der Waals surface area contributed by atoms with Gasteiger partial charge in [-0.05, 0) is 7.05 Å². The Labute approximate surface area is 92.7 Å². The highest BCUT2D eigenvalue weighted by Crippen LogP contribution is 2.15. The molecule has 1 N–H and O–H groups in total. The summed E-state index contributed by atoms with van der Waals surface area (Å²) in [6.07, 6.45) is -4.53. The normalized spacial score (nSPS) is 17.8. The van der Waals surface area contributed by atoms with Crippen LogP contribution in [-0.4, -0.2) is 63.8 Å². The smallest absolute Gasteiger partial charge is 0.378 e. The molecule has 0 radical (unpaired) electrons. The van der Waals surface area contributed by atoms with Gasteiger partial charge in [-0.3, -0.25) is 9.64 Å². The van der Waals surface area contributed by atoms with Gasteiger partial charge in [-0.15, -0.1) is 13.2 Å². The molecule has 96 valence electrons. The summed E-state index contributed by atoms with van der Waals surface area (Å²) in [5, 5.41) is 2.88. The minimum absolute atomic E-state index is 0.203. The van der Waals surface area contributed by atoms with E-state index in [1.807, 2.05) is 7.05 Å². The Morgan fingerprint density at radius 3 is 2.56 bits per heavy atom. The largest absolute Gasteiger partial charge is 0.522 e. The predicted octanol–water partition coefficient (Wildman–Crippen LogP) is 0.443. The third-order valence-corrected chi connectivity index (χ3v) is 2.43. The first-order valence-electron chi connectivity index (χ1n) is 5.18. The number of hydrogen-bond donors (Lipinski definition) is 1. The van der Waals surface area contributed by atoms with E-state index in [2.05, 4.69) is 15.0 Å². The van der Waals surface area contributed by atoms with Crippen molar-refractivity contribution in [1.29, 1.82) is 0 Å². The van der Waals surface area contributed by atoms with Gasteiger partial charge in [0, 0.05) is 19.6 Å². The van der Waals surface area contributed by atoms with Crippen molar-refractivity contribution in [2.45, 2.75) is 12.4 Å². The Hall–Kier alpha value is -0.370. The van der Waals surface area contributed by atoms with Gasteiger partial charge in [0.2, 0.25) is 0 Å². The van der Waals surface area contributed by atoms with Crippen molar-refractivity contribution < 1.29 is 22.6 Å². The second-order valence-corrected chi connectivity index (χ2v) is 3.72. The highest BCUT2D eigenvalue weighted by atomic mass is 19.4. The van der Waals surface area contributed by atoms with Gasteiger partial charge < -0.3 is 10.1 Å². The van der Waals surface area contributed by atoms with Gasteiger partial charge in [-0.1, -0.05) is 0 Å². The van der Waals surface area contributed by atoms with Crippen LogP contribution in [0.15, 0.2) is 0 Å². The lowest BCUT2D eigenvalue weighted by Gasteiger charge is -2.34. The second-order valence-electron chi connectivity index (χ2n) is 3.72. The number of nitrogens with one attached hydrogen (secondary N) is 1. The molecular weight excluding hydrogens is 225 g/mol. The monoisotopic (exact) mass is 242 g/mol. The maximum absolute atomic E-state index is 11.6. The van der Waals surface area contributed by atoms with Gasteiger partial charge in [0.1, 0.15) is 0 Å². The number of likely N-dealkylation sites (N-methyl/N-ethyl adjacent to an activating group) is 1. The Morgan fingerprint density at radius 2 is 2.06 bits per heavy atom. The third-order valence-electron chi connectivity index (χ3n) is 2.43. The molecule has 0 atom stereocenters. The quantitative estimate of drug-likeness (QED) is 0.657. The molecular formula is C9H17F3N2O2. The molecule has 16 heavy (non-hydrogen) atoms. The highest BCUT2D eigenvalue weighted by molar-refractivity contribution is 4.74.